The highest BCUT2D eigenvalue weighted by Crippen LogP contribution is 2.04. The van der Waals surface area contributed by atoms with E-state index in [0.717, 1.165) is 11.8 Å². The molecule has 17 heavy (non-hydrogen) atoms. The minimum Gasteiger partial charge on any atom is -0.466 e. The van der Waals surface area contributed by atoms with E-state index in [1.165, 1.54) is 0 Å². The SMILES string of the molecule is CCOC(=O)CCOCc1ccc(C=O)cc1. The van der Waals surface area contributed by atoms with E-state index in [-0.39, 0.29) is 12.4 Å². The Balaban J connectivity index is 2.21. The first-order chi connectivity index (χ1) is 8.26. The lowest BCUT2D eigenvalue weighted by Gasteiger charge is -2.04. The minimum atomic E-state index is -0.246. The van der Waals surface area contributed by atoms with Gasteiger partial charge in [0.1, 0.15) is 6.29 Å². The third kappa shape index (κ3) is 5.26. The Morgan fingerprint density at radius 2 is 2.00 bits per heavy atom. The monoisotopic (exact) mass is 236 g/mol. The highest BCUT2D eigenvalue weighted by Gasteiger charge is 2.01. The molecule has 4 heteroatoms. The first kappa shape index (κ1) is 13.4. The van der Waals surface area contributed by atoms with Gasteiger partial charge in [0.05, 0.1) is 26.2 Å². The molecule has 0 N–H and O–H groups in total. The topological polar surface area (TPSA) is 52.6 Å². The van der Waals surface area contributed by atoms with E-state index >= 15 is 0 Å². The lowest BCUT2D eigenvalue weighted by atomic mass is 10.2. The molecule has 0 amide bonds. The number of carbonyl (C=O) groups is 2. The van der Waals surface area contributed by atoms with Gasteiger partial charge in [-0.1, -0.05) is 24.3 Å². The Labute approximate surface area is 101 Å². The molecule has 0 bridgehead atoms. The fourth-order valence-corrected chi connectivity index (χ4v) is 1.27. The van der Waals surface area contributed by atoms with E-state index in [2.05, 4.69) is 0 Å². The predicted octanol–water partition coefficient (Wildman–Crippen LogP) is 1.97. The molecule has 0 saturated carbocycles. The Morgan fingerprint density at radius 3 is 2.59 bits per heavy atom. The molecular formula is C13H16O4. The second kappa shape index (κ2) is 7.57. The summed E-state index contributed by atoms with van der Waals surface area (Å²) >= 11 is 0. The number of esters is 1. The largest absolute Gasteiger partial charge is 0.466 e. The number of carbonyl (C=O) groups excluding carboxylic acids is 2. The summed E-state index contributed by atoms with van der Waals surface area (Å²) in [5.41, 5.74) is 1.61. The molecule has 0 atom stereocenters. The van der Waals surface area contributed by atoms with Crippen molar-refractivity contribution in [2.45, 2.75) is 20.0 Å². The summed E-state index contributed by atoms with van der Waals surface area (Å²) in [5.74, 6) is -0.246. The highest BCUT2D eigenvalue weighted by molar-refractivity contribution is 5.74. The van der Waals surface area contributed by atoms with Crippen LogP contribution in [0, 0.1) is 0 Å². The number of ether oxygens (including phenoxy) is 2. The maximum atomic E-state index is 11.0. The highest BCUT2D eigenvalue weighted by atomic mass is 16.5. The van der Waals surface area contributed by atoms with Gasteiger partial charge in [-0.3, -0.25) is 9.59 Å². The predicted molar refractivity (Wildman–Crippen MR) is 62.7 cm³/mol. The summed E-state index contributed by atoms with van der Waals surface area (Å²) in [6.45, 7) is 2.94. The third-order valence-electron chi connectivity index (χ3n) is 2.14. The van der Waals surface area contributed by atoms with Crippen molar-refractivity contribution in [3.8, 4) is 0 Å². The van der Waals surface area contributed by atoms with Crippen molar-refractivity contribution in [3.63, 3.8) is 0 Å². The molecule has 0 aliphatic carbocycles. The van der Waals surface area contributed by atoms with Crippen LogP contribution in [-0.4, -0.2) is 25.5 Å². The first-order valence-electron chi connectivity index (χ1n) is 5.53. The second-order valence-electron chi connectivity index (χ2n) is 3.47. The van der Waals surface area contributed by atoms with Crippen LogP contribution in [0.5, 0.6) is 0 Å². The van der Waals surface area contributed by atoms with Crippen molar-refractivity contribution in [1.29, 1.82) is 0 Å². The van der Waals surface area contributed by atoms with Crippen LogP contribution in [0.3, 0.4) is 0 Å². The fraction of sp³-hybridized carbons (Fsp3) is 0.385. The molecular weight excluding hydrogens is 220 g/mol. The first-order valence-corrected chi connectivity index (χ1v) is 5.53. The van der Waals surface area contributed by atoms with Gasteiger partial charge >= 0.3 is 5.97 Å². The van der Waals surface area contributed by atoms with Crippen LogP contribution >= 0.6 is 0 Å². The molecule has 0 heterocycles. The summed E-state index contributed by atoms with van der Waals surface area (Å²) in [7, 11) is 0. The van der Waals surface area contributed by atoms with Gasteiger partial charge in [0.2, 0.25) is 0 Å². The molecule has 0 radical (unpaired) electrons. The molecule has 0 aliphatic rings. The number of benzene rings is 1. The molecule has 1 rings (SSSR count). The maximum Gasteiger partial charge on any atom is 0.308 e. The zero-order valence-corrected chi connectivity index (χ0v) is 9.85. The van der Waals surface area contributed by atoms with Crippen LogP contribution in [0.25, 0.3) is 0 Å². The van der Waals surface area contributed by atoms with E-state index in [1.54, 1.807) is 19.1 Å². The zero-order chi connectivity index (χ0) is 12.5. The van der Waals surface area contributed by atoms with Gasteiger partial charge in [0, 0.05) is 5.56 Å². The summed E-state index contributed by atoms with van der Waals surface area (Å²) in [4.78, 5) is 21.4. The van der Waals surface area contributed by atoms with Crippen molar-refractivity contribution in [2.24, 2.45) is 0 Å². The lowest BCUT2D eigenvalue weighted by molar-refractivity contribution is -0.144. The quantitative estimate of drug-likeness (QED) is 0.412. The second-order valence-corrected chi connectivity index (χ2v) is 3.47. The molecule has 4 nitrogen and oxygen atoms in total. The third-order valence-corrected chi connectivity index (χ3v) is 2.14. The van der Waals surface area contributed by atoms with E-state index in [9.17, 15) is 9.59 Å². The van der Waals surface area contributed by atoms with Gasteiger partial charge in [-0.05, 0) is 12.5 Å². The molecule has 0 aromatic heterocycles. The molecule has 0 spiro atoms. The van der Waals surface area contributed by atoms with Crippen molar-refractivity contribution in [3.05, 3.63) is 35.4 Å². The van der Waals surface area contributed by atoms with Gasteiger partial charge in [0.15, 0.2) is 0 Å². The average molecular weight is 236 g/mol. The lowest BCUT2D eigenvalue weighted by Crippen LogP contribution is -2.08. The van der Waals surface area contributed by atoms with Crippen LogP contribution in [0.4, 0.5) is 0 Å². The minimum absolute atomic E-state index is 0.246. The standard InChI is InChI=1S/C13H16O4/c1-2-17-13(15)7-8-16-10-12-5-3-11(9-14)4-6-12/h3-6,9H,2,7-8,10H2,1H3. The van der Waals surface area contributed by atoms with E-state index in [1.807, 2.05) is 12.1 Å². The van der Waals surface area contributed by atoms with E-state index in [4.69, 9.17) is 9.47 Å². The van der Waals surface area contributed by atoms with E-state index in [0.29, 0.717) is 25.4 Å². The molecule has 0 unspecified atom stereocenters. The number of hydrogen-bond donors (Lipinski definition) is 0. The van der Waals surface area contributed by atoms with Crippen LogP contribution in [0.2, 0.25) is 0 Å². The van der Waals surface area contributed by atoms with Gasteiger partial charge in [0.25, 0.3) is 0 Å². The molecule has 0 saturated heterocycles. The molecule has 1 aromatic rings. The van der Waals surface area contributed by atoms with Crippen LogP contribution in [0.1, 0.15) is 29.3 Å². The van der Waals surface area contributed by atoms with Crippen LogP contribution < -0.4 is 0 Å². The van der Waals surface area contributed by atoms with Gasteiger partial charge in [-0.15, -0.1) is 0 Å². The van der Waals surface area contributed by atoms with E-state index < -0.39 is 0 Å². The zero-order valence-electron chi connectivity index (χ0n) is 9.85. The van der Waals surface area contributed by atoms with Crippen molar-refractivity contribution in [2.75, 3.05) is 13.2 Å². The summed E-state index contributed by atoms with van der Waals surface area (Å²) in [5, 5.41) is 0. The Morgan fingerprint density at radius 1 is 1.29 bits per heavy atom. The smallest absolute Gasteiger partial charge is 0.308 e. The van der Waals surface area contributed by atoms with Crippen LogP contribution in [-0.2, 0) is 20.9 Å². The summed E-state index contributed by atoms with van der Waals surface area (Å²) in [6, 6.07) is 7.12. The molecule has 92 valence electrons. The maximum absolute atomic E-state index is 11.0. The van der Waals surface area contributed by atoms with Gasteiger partial charge in [-0.2, -0.15) is 0 Å². The number of rotatable bonds is 7. The normalized spacial score (nSPS) is 9.94. The molecule has 0 aliphatic heterocycles. The van der Waals surface area contributed by atoms with Crippen molar-refractivity contribution < 1.29 is 19.1 Å². The fourth-order valence-electron chi connectivity index (χ4n) is 1.27. The summed E-state index contributed by atoms with van der Waals surface area (Å²) < 4.78 is 10.1. The molecule has 1 aromatic carbocycles. The Kier molecular flexibility index (Phi) is 5.96. The van der Waals surface area contributed by atoms with Gasteiger partial charge in [-0.25, -0.2) is 0 Å². The number of aldehydes is 1. The Bertz CT molecular complexity index is 356. The summed E-state index contributed by atoms with van der Waals surface area (Å²) in [6.07, 6.45) is 1.06. The van der Waals surface area contributed by atoms with Crippen molar-refractivity contribution in [1.82, 2.24) is 0 Å². The van der Waals surface area contributed by atoms with Crippen molar-refractivity contribution >= 4 is 12.3 Å². The van der Waals surface area contributed by atoms with Gasteiger partial charge < -0.3 is 9.47 Å². The molecule has 0 fully saturated rings. The average Bonchev–Trinajstić information content (AvgIpc) is 2.36. The Hall–Kier alpha value is -1.68. The van der Waals surface area contributed by atoms with Crippen LogP contribution in [0.15, 0.2) is 24.3 Å². The number of hydrogen-bond acceptors (Lipinski definition) is 4.